The highest BCUT2D eigenvalue weighted by Crippen LogP contribution is 2.41. The third-order valence-corrected chi connectivity index (χ3v) is 7.12. The molecule has 0 N–H and O–H groups in total. The van der Waals surface area contributed by atoms with E-state index in [0.29, 0.717) is 29.3 Å². The molecule has 7 heteroatoms. The molecule has 5 rings (SSSR count). The number of benzene rings is 2. The van der Waals surface area contributed by atoms with E-state index in [4.69, 9.17) is 0 Å². The van der Waals surface area contributed by atoms with Crippen molar-refractivity contribution < 1.29 is 4.39 Å². The van der Waals surface area contributed by atoms with Gasteiger partial charge in [0.25, 0.3) is 0 Å². The molecule has 0 aliphatic heterocycles. The zero-order valence-electron chi connectivity index (χ0n) is 17.1. The Morgan fingerprint density at radius 1 is 0.875 bits per heavy atom. The first-order valence-corrected chi connectivity index (χ1v) is 12.0. The number of rotatable bonds is 6. The van der Waals surface area contributed by atoms with Crippen LogP contribution in [-0.4, -0.2) is 19.9 Å². The predicted molar refractivity (Wildman–Crippen MR) is 129 cm³/mol. The van der Waals surface area contributed by atoms with Crippen LogP contribution in [0.15, 0.2) is 100 Å². The number of hydrogen-bond donors (Lipinski definition) is 0. The van der Waals surface area contributed by atoms with Crippen LogP contribution in [0.25, 0.3) is 16.6 Å². The quantitative estimate of drug-likeness (QED) is 0.232. The van der Waals surface area contributed by atoms with Crippen molar-refractivity contribution >= 4 is 40.1 Å². The van der Waals surface area contributed by atoms with Gasteiger partial charge in [-0.2, -0.15) is 0 Å². The minimum atomic E-state index is -0.139. The molecule has 4 nitrogen and oxygen atoms in total. The molecular weight excluding hydrogens is 439 g/mol. The predicted octanol–water partition coefficient (Wildman–Crippen LogP) is 6.86. The van der Waals surface area contributed by atoms with E-state index < -0.39 is 0 Å². The Kier molecular flexibility index (Phi) is 6.27. The number of thioether (sulfide) groups is 2. The second-order valence-electron chi connectivity index (χ2n) is 7.23. The van der Waals surface area contributed by atoms with Gasteiger partial charge in [-0.05, 0) is 35.1 Å². The van der Waals surface area contributed by atoms with Gasteiger partial charge in [-0.3, -0.25) is 0 Å². The maximum absolute atomic E-state index is 14.3. The topological polar surface area (TPSA) is 51.6 Å². The molecule has 32 heavy (non-hydrogen) atoms. The molecule has 1 aliphatic carbocycles. The SMILES string of the molecule is FC1=CC(c2ncnc3nc(SCc4ccccc4)ncc23)=C(Sc2ccccc2)CC1. The molecule has 0 saturated carbocycles. The fourth-order valence-electron chi connectivity index (χ4n) is 3.45. The first-order chi connectivity index (χ1) is 15.8. The molecule has 2 aromatic heterocycles. The monoisotopic (exact) mass is 458 g/mol. The van der Waals surface area contributed by atoms with E-state index in [-0.39, 0.29) is 5.83 Å². The number of halogens is 1. The molecule has 0 spiro atoms. The van der Waals surface area contributed by atoms with Gasteiger partial charge < -0.3 is 0 Å². The van der Waals surface area contributed by atoms with Crippen molar-refractivity contribution in [2.75, 3.05) is 0 Å². The van der Waals surface area contributed by atoms with E-state index in [1.807, 2.05) is 36.4 Å². The van der Waals surface area contributed by atoms with Crippen LogP contribution in [-0.2, 0) is 5.75 Å². The van der Waals surface area contributed by atoms with E-state index in [2.05, 4.69) is 44.2 Å². The third-order valence-electron chi connectivity index (χ3n) is 5.01. The Morgan fingerprint density at radius 3 is 2.47 bits per heavy atom. The number of nitrogens with zero attached hydrogens (tertiary/aromatic N) is 4. The summed E-state index contributed by atoms with van der Waals surface area (Å²) in [6.07, 6.45) is 5.87. The molecule has 0 bridgehead atoms. The summed E-state index contributed by atoms with van der Waals surface area (Å²) in [5, 5.41) is 1.38. The number of hydrogen-bond acceptors (Lipinski definition) is 6. The van der Waals surface area contributed by atoms with Crippen LogP contribution in [0.1, 0.15) is 24.1 Å². The second kappa shape index (κ2) is 9.63. The second-order valence-corrected chi connectivity index (χ2v) is 9.34. The van der Waals surface area contributed by atoms with Crippen molar-refractivity contribution in [2.24, 2.45) is 0 Å². The smallest absolute Gasteiger partial charge is 0.189 e. The molecule has 2 heterocycles. The summed E-state index contributed by atoms with van der Waals surface area (Å²) in [5.41, 5.74) is 3.22. The van der Waals surface area contributed by atoms with Gasteiger partial charge in [-0.15, -0.1) is 0 Å². The molecule has 4 aromatic rings. The van der Waals surface area contributed by atoms with Crippen LogP contribution in [0.5, 0.6) is 0 Å². The largest absolute Gasteiger partial charge is 0.235 e. The average molecular weight is 459 g/mol. The molecule has 1 aliphatic rings. The lowest BCUT2D eigenvalue weighted by atomic mass is 10.0. The molecular formula is C25H19FN4S2. The van der Waals surface area contributed by atoms with Crippen LogP contribution in [0.3, 0.4) is 0 Å². The molecule has 0 amide bonds. The first kappa shape index (κ1) is 20.8. The standard InChI is InChI=1S/C25H19FN4S2/c26-18-11-12-22(32-19-9-5-2-6-10-19)20(13-18)23-21-14-27-25(30-24(21)29-16-28-23)31-15-17-7-3-1-4-8-17/h1-10,13-14,16H,11-12,15H2. The normalized spacial score (nSPS) is 14.0. The van der Waals surface area contributed by atoms with Gasteiger partial charge in [-0.25, -0.2) is 24.3 Å². The summed E-state index contributed by atoms with van der Waals surface area (Å²) >= 11 is 3.21. The molecule has 0 atom stereocenters. The summed E-state index contributed by atoms with van der Waals surface area (Å²) in [4.78, 5) is 20.2. The van der Waals surface area contributed by atoms with Gasteiger partial charge in [0.2, 0.25) is 0 Å². The number of allylic oxidation sites excluding steroid dienone is 4. The lowest BCUT2D eigenvalue weighted by Gasteiger charge is -2.17. The lowest BCUT2D eigenvalue weighted by molar-refractivity contribution is 0.587. The molecule has 2 aromatic carbocycles. The van der Waals surface area contributed by atoms with Gasteiger partial charge in [0.1, 0.15) is 12.2 Å². The van der Waals surface area contributed by atoms with Gasteiger partial charge >= 0.3 is 0 Å². The van der Waals surface area contributed by atoms with Gasteiger partial charge in [0, 0.05) is 28.8 Å². The highest BCUT2D eigenvalue weighted by molar-refractivity contribution is 8.03. The van der Waals surface area contributed by atoms with Crippen molar-refractivity contribution in [1.82, 2.24) is 19.9 Å². The van der Waals surface area contributed by atoms with Gasteiger partial charge in [0.15, 0.2) is 10.8 Å². The van der Waals surface area contributed by atoms with Crippen LogP contribution >= 0.6 is 23.5 Å². The zero-order chi connectivity index (χ0) is 21.8. The Balaban J connectivity index is 1.49. The summed E-state index contributed by atoms with van der Waals surface area (Å²) in [7, 11) is 0. The summed E-state index contributed by atoms with van der Waals surface area (Å²) in [6, 6.07) is 20.3. The van der Waals surface area contributed by atoms with E-state index in [1.54, 1.807) is 35.8 Å². The molecule has 0 fully saturated rings. The highest BCUT2D eigenvalue weighted by atomic mass is 32.2. The molecule has 0 unspecified atom stereocenters. The zero-order valence-corrected chi connectivity index (χ0v) is 18.7. The number of fused-ring (bicyclic) bond motifs is 1. The van der Waals surface area contributed by atoms with Gasteiger partial charge in [0.05, 0.1) is 11.1 Å². The highest BCUT2D eigenvalue weighted by Gasteiger charge is 2.20. The minimum absolute atomic E-state index is 0.139. The van der Waals surface area contributed by atoms with Crippen LogP contribution in [0.2, 0.25) is 0 Å². The van der Waals surface area contributed by atoms with Crippen LogP contribution in [0.4, 0.5) is 4.39 Å². The van der Waals surface area contributed by atoms with Crippen LogP contribution in [0, 0.1) is 0 Å². The van der Waals surface area contributed by atoms with Gasteiger partial charge in [-0.1, -0.05) is 72.1 Å². The lowest BCUT2D eigenvalue weighted by Crippen LogP contribution is -2.01. The fourth-order valence-corrected chi connectivity index (χ4v) is 5.27. The Bertz CT molecular complexity index is 1310. The Labute approximate surface area is 194 Å². The minimum Gasteiger partial charge on any atom is -0.235 e. The van der Waals surface area contributed by atoms with Crippen molar-refractivity contribution in [3.8, 4) is 0 Å². The number of aromatic nitrogens is 4. The summed E-state index contributed by atoms with van der Waals surface area (Å²) in [5.74, 6) is 0.640. The Hall–Kier alpha value is -3.03. The first-order valence-electron chi connectivity index (χ1n) is 10.2. The molecule has 0 saturated heterocycles. The van der Waals surface area contributed by atoms with Crippen LogP contribution < -0.4 is 0 Å². The third kappa shape index (κ3) is 4.74. The summed E-state index contributed by atoms with van der Waals surface area (Å²) in [6.45, 7) is 0. The Morgan fingerprint density at radius 2 is 1.66 bits per heavy atom. The molecule has 158 valence electrons. The summed E-state index contributed by atoms with van der Waals surface area (Å²) < 4.78 is 14.3. The maximum Gasteiger partial charge on any atom is 0.189 e. The van der Waals surface area contributed by atoms with Crippen molar-refractivity contribution in [3.05, 3.63) is 101 Å². The average Bonchev–Trinajstić information content (AvgIpc) is 2.84. The van der Waals surface area contributed by atoms with E-state index >= 15 is 0 Å². The molecule has 0 radical (unpaired) electrons. The van der Waals surface area contributed by atoms with E-state index in [9.17, 15) is 4.39 Å². The van der Waals surface area contributed by atoms with E-state index in [0.717, 1.165) is 26.5 Å². The van der Waals surface area contributed by atoms with Crippen molar-refractivity contribution in [2.45, 2.75) is 28.6 Å². The maximum atomic E-state index is 14.3. The fraction of sp³-hybridized carbons (Fsp3) is 0.120. The van der Waals surface area contributed by atoms with E-state index in [1.165, 1.54) is 11.9 Å². The van der Waals surface area contributed by atoms with Crippen molar-refractivity contribution in [1.29, 1.82) is 0 Å². The van der Waals surface area contributed by atoms with Crippen molar-refractivity contribution in [3.63, 3.8) is 0 Å².